The maximum Gasteiger partial charge on any atom is 0.0980 e. The maximum absolute atomic E-state index is 8.82. The first-order valence-corrected chi connectivity index (χ1v) is 6.64. The van der Waals surface area contributed by atoms with E-state index in [1.807, 2.05) is 20.8 Å². The summed E-state index contributed by atoms with van der Waals surface area (Å²) >= 11 is 0. The molecule has 0 heterocycles. The van der Waals surface area contributed by atoms with E-state index in [0.29, 0.717) is 5.92 Å². The molecule has 104 valence electrons. The zero-order valence-corrected chi connectivity index (χ0v) is 12.4. The lowest BCUT2D eigenvalue weighted by atomic mass is 9.95. The Labute approximate surface area is 106 Å². The molecule has 1 N–H and O–H groups in total. The third-order valence-corrected chi connectivity index (χ3v) is 2.61. The summed E-state index contributed by atoms with van der Waals surface area (Å²) in [6.45, 7) is 12.5. The minimum absolute atomic E-state index is 0.244. The Morgan fingerprint density at radius 1 is 1.00 bits per heavy atom. The van der Waals surface area contributed by atoms with Gasteiger partial charge in [0.2, 0.25) is 0 Å². The fraction of sp³-hybridized carbons (Fsp3) is 1.00. The molecule has 0 rings (SSSR count). The first-order chi connectivity index (χ1) is 7.66. The van der Waals surface area contributed by atoms with Gasteiger partial charge >= 0.3 is 0 Å². The van der Waals surface area contributed by atoms with Crippen LogP contribution in [0.1, 0.15) is 67.2 Å². The fourth-order valence-corrected chi connectivity index (χ4v) is 1.52. The van der Waals surface area contributed by atoms with Gasteiger partial charge in [-0.3, -0.25) is 0 Å². The predicted octanol–water partition coefficient (Wildman–Crippen LogP) is 3.70. The molecule has 0 aromatic carbocycles. The zero-order chi connectivity index (χ0) is 13.5. The Balaban J connectivity index is 3.78. The van der Waals surface area contributed by atoms with Crippen molar-refractivity contribution < 1.29 is 14.9 Å². The Kier molecular flexibility index (Phi) is 7.29. The molecule has 0 aliphatic carbocycles. The Morgan fingerprint density at radius 3 is 2.06 bits per heavy atom. The van der Waals surface area contributed by atoms with Crippen LogP contribution in [0.25, 0.3) is 0 Å². The first-order valence-electron chi connectivity index (χ1n) is 6.64. The predicted molar refractivity (Wildman–Crippen MR) is 70.7 cm³/mol. The quantitative estimate of drug-likeness (QED) is 0.524. The molecule has 0 aromatic rings. The summed E-state index contributed by atoms with van der Waals surface area (Å²) in [7, 11) is 0. The van der Waals surface area contributed by atoms with Crippen molar-refractivity contribution >= 4 is 0 Å². The summed E-state index contributed by atoms with van der Waals surface area (Å²) < 4.78 is 0. The standard InChI is InChI=1S/C14H30O3/c1-12(9-11-15)8-7-10-14(5,6)17-16-13(2,3)4/h12,15H,7-11H2,1-6H3. The summed E-state index contributed by atoms with van der Waals surface area (Å²) in [5.74, 6) is 0.583. The molecular weight excluding hydrogens is 216 g/mol. The smallest absolute Gasteiger partial charge is 0.0980 e. The molecule has 3 heteroatoms. The monoisotopic (exact) mass is 246 g/mol. The van der Waals surface area contributed by atoms with E-state index in [4.69, 9.17) is 14.9 Å². The lowest BCUT2D eigenvalue weighted by Crippen LogP contribution is -2.30. The molecule has 0 aliphatic heterocycles. The molecule has 17 heavy (non-hydrogen) atoms. The van der Waals surface area contributed by atoms with Gasteiger partial charge in [0, 0.05) is 6.61 Å². The zero-order valence-electron chi connectivity index (χ0n) is 12.4. The number of hydrogen-bond donors (Lipinski definition) is 1. The van der Waals surface area contributed by atoms with Crippen LogP contribution in [0.3, 0.4) is 0 Å². The van der Waals surface area contributed by atoms with E-state index in [9.17, 15) is 0 Å². The Morgan fingerprint density at radius 2 is 1.59 bits per heavy atom. The molecule has 1 atom stereocenters. The minimum Gasteiger partial charge on any atom is -0.396 e. The largest absolute Gasteiger partial charge is 0.396 e. The van der Waals surface area contributed by atoms with Crippen LogP contribution in [0, 0.1) is 5.92 Å². The lowest BCUT2D eigenvalue weighted by molar-refractivity contribution is -0.398. The molecular formula is C14H30O3. The van der Waals surface area contributed by atoms with Gasteiger partial charge in [-0.25, -0.2) is 9.78 Å². The van der Waals surface area contributed by atoms with E-state index in [0.717, 1.165) is 25.7 Å². The van der Waals surface area contributed by atoms with E-state index < -0.39 is 0 Å². The van der Waals surface area contributed by atoms with Gasteiger partial charge in [-0.1, -0.05) is 19.8 Å². The highest BCUT2D eigenvalue weighted by atomic mass is 17.2. The molecule has 0 radical (unpaired) electrons. The normalized spacial score (nSPS) is 15.0. The van der Waals surface area contributed by atoms with Gasteiger partial charge in [-0.15, -0.1) is 0 Å². The van der Waals surface area contributed by atoms with Crippen molar-refractivity contribution in [1.29, 1.82) is 0 Å². The Bertz CT molecular complexity index is 194. The highest BCUT2D eigenvalue weighted by Gasteiger charge is 2.23. The summed E-state index contributed by atoms with van der Waals surface area (Å²) in [5.41, 5.74) is -0.506. The van der Waals surface area contributed by atoms with E-state index in [2.05, 4.69) is 20.8 Å². The van der Waals surface area contributed by atoms with E-state index in [-0.39, 0.29) is 17.8 Å². The van der Waals surface area contributed by atoms with Gasteiger partial charge in [0.25, 0.3) is 0 Å². The molecule has 0 fully saturated rings. The second kappa shape index (κ2) is 7.34. The fourth-order valence-electron chi connectivity index (χ4n) is 1.52. The molecule has 0 saturated carbocycles. The van der Waals surface area contributed by atoms with Crippen LogP contribution in [0.5, 0.6) is 0 Å². The molecule has 0 aromatic heterocycles. The van der Waals surface area contributed by atoms with Crippen LogP contribution in [0.4, 0.5) is 0 Å². The van der Waals surface area contributed by atoms with Gasteiger partial charge < -0.3 is 5.11 Å². The first kappa shape index (κ1) is 16.9. The van der Waals surface area contributed by atoms with Crippen molar-refractivity contribution in [2.75, 3.05) is 6.61 Å². The molecule has 0 aliphatic rings. The second-order valence-electron chi connectivity index (χ2n) is 6.55. The summed E-state index contributed by atoms with van der Waals surface area (Å²) in [5, 5.41) is 8.82. The molecule has 0 amide bonds. The topological polar surface area (TPSA) is 38.7 Å². The SMILES string of the molecule is CC(CCO)CCCC(C)(C)OOC(C)(C)C. The van der Waals surface area contributed by atoms with E-state index >= 15 is 0 Å². The van der Waals surface area contributed by atoms with Crippen molar-refractivity contribution in [3.05, 3.63) is 0 Å². The third kappa shape index (κ3) is 10.7. The summed E-state index contributed by atoms with van der Waals surface area (Å²) in [6, 6.07) is 0. The average Bonchev–Trinajstić information content (AvgIpc) is 2.14. The minimum atomic E-state index is -0.262. The van der Waals surface area contributed by atoms with E-state index in [1.165, 1.54) is 0 Å². The van der Waals surface area contributed by atoms with Crippen molar-refractivity contribution in [3.8, 4) is 0 Å². The van der Waals surface area contributed by atoms with Crippen LogP contribution in [-0.2, 0) is 9.78 Å². The van der Waals surface area contributed by atoms with Crippen LogP contribution in [0.15, 0.2) is 0 Å². The van der Waals surface area contributed by atoms with Crippen molar-refractivity contribution in [2.24, 2.45) is 5.92 Å². The highest BCUT2D eigenvalue weighted by Crippen LogP contribution is 2.23. The highest BCUT2D eigenvalue weighted by molar-refractivity contribution is 4.68. The molecule has 1 unspecified atom stereocenters. The molecule has 3 nitrogen and oxygen atoms in total. The summed E-state index contributed by atoms with van der Waals surface area (Å²) in [4.78, 5) is 10.8. The number of aliphatic hydroxyl groups excluding tert-OH is 1. The number of rotatable bonds is 8. The average molecular weight is 246 g/mol. The van der Waals surface area contributed by atoms with Gasteiger partial charge in [0.05, 0.1) is 11.2 Å². The summed E-state index contributed by atoms with van der Waals surface area (Å²) in [6.07, 6.45) is 4.09. The van der Waals surface area contributed by atoms with Crippen LogP contribution in [0.2, 0.25) is 0 Å². The van der Waals surface area contributed by atoms with Gasteiger partial charge in [-0.05, 0) is 53.4 Å². The van der Waals surface area contributed by atoms with Crippen molar-refractivity contribution in [2.45, 2.75) is 78.4 Å². The molecule has 0 saturated heterocycles. The van der Waals surface area contributed by atoms with Crippen molar-refractivity contribution in [3.63, 3.8) is 0 Å². The Hall–Kier alpha value is -0.120. The molecule has 0 bridgehead atoms. The lowest BCUT2D eigenvalue weighted by Gasteiger charge is -2.28. The van der Waals surface area contributed by atoms with Gasteiger partial charge in [0.15, 0.2) is 0 Å². The van der Waals surface area contributed by atoms with E-state index in [1.54, 1.807) is 0 Å². The maximum atomic E-state index is 8.82. The molecule has 0 spiro atoms. The van der Waals surface area contributed by atoms with Crippen LogP contribution < -0.4 is 0 Å². The second-order valence-corrected chi connectivity index (χ2v) is 6.55. The number of aliphatic hydroxyl groups is 1. The van der Waals surface area contributed by atoms with Crippen molar-refractivity contribution in [1.82, 2.24) is 0 Å². The number of hydrogen-bond acceptors (Lipinski definition) is 3. The van der Waals surface area contributed by atoms with Crippen LogP contribution >= 0.6 is 0 Å². The third-order valence-electron chi connectivity index (χ3n) is 2.61. The van der Waals surface area contributed by atoms with Crippen LogP contribution in [-0.4, -0.2) is 22.9 Å². The van der Waals surface area contributed by atoms with Gasteiger partial charge in [-0.2, -0.15) is 0 Å². The van der Waals surface area contributed by atoms with Gasteiger partial charge in [0.1, 0.15) is 0 Å².